The summed E-state index contributed by atoms with van der Waals surface area (Å²) in [5, 5.41) is 7.06. The van der Waals surface area contributed by atoms with Gasteiger partial charge in [-0.1, -0.05) is 62.4 Å². The summed E-state index contributed by atoms with van der Waals surface area (Å²) in [6.07, 6.45) is 0.582. The van der Waals surface area contributed by atoms with E-state index in [0.29, 0.717) is 31.2 Å². The summed E-state index contributed by atoms with van der Waals surface area (Å²) >= 11 is 0. The Morgan fingerprint density at radius 1 is 1.15 bits per heavy atom. The van der Waals surface area contributed by atoms with Crippen LogP contribution in [0.4, 0.5) is 0 Å². The molecule has 7 nitrogen and oxygen atoms in total. The molecule has 7 heteroatoms. The first-order chi connectivity index (χ1) is 15.8. The molecule has 1 saturated heterocycles. The van der Waals surface area contributed by atoms with Gasteiger partial charge in [0.05, 0.1) is 6.42 Å². The highest BCUT2D eigenvalue weighted by Crippen LogP contribution is 2.25. The van der Waals surface area contributed by atoms with Crippen molar-refractivity contribution in [1.29, 1.82) is 0 Å². The van der Waals surface area contributed by atoms with Crippen LogP contribution in [-0.2, 0) is 22.4 Å². The number of nitrogens with one attached hydrogen (secondary N) is 1. The Hall–Kier alpha value is -3.48. The summed E-state index contributed by atoms with van der Waals surface area (Å²) in [6, 6.07) is 16.0. The van der Waals surface area contributed by atoms with Crippen molar-refractivity contribution < 1.29 is 9.59 Å². The molecule has 2 heterocycles. The summed E-state index contributed by atoms with van der Waals surface area (Å²) in [5.41, 5.74) is 4.52. The van der Waals surface area contributed by atoms with Gasteiger partial charge in [-0.05, 0) is 29.2 Å². The maximum Gasteiger partial charge on any atom is 0.245 e. The summed E-state index contributed by atoms with van der Waals surface area (Å²) in [7, 11) is 1.80. The molecule has 1 atom stereocenters. The Morgan fingerprint density at radius 2 is 1.94 bits per heavy atom. The minimum absolute atomic E-state index is 0.0312. The van der Waals surface area contributed by atoms with Gasteiger partial charge in [0.1, 0.15) is 11.9 Å². The van der Waals surface area contributed by atoms with Crippen molar-refractivity contribution in [2.24, 2.45) is 0 Å². The summed E-state index contributed by atoms with van der Waals surface area (Å²) in [4.78, 5) is 34.1. The molecule has 2 aromatic carbocycles. The maximum atomic E-state index is 13.2. The quantitative estimate of drug-likeness (QED) is 0.631. The van der Waals surface area contributed by atoms with E-state index in [1.54, 1.807) is 16.8 Å². The van der Waals surface area contributed by atoms with Crippen LogP contribution >= 0.6 is 0 Å². The van der Waals surface area contributed by atoms with Crippen molar-refractivity contribution in [3.8, 4) is 11.1 Å². The number of likely N-dealkylation sites (N-methyl/N-ethyl adjacent to an activating group) is 1. The third kappa shape index (κ3) is 4.97. The van der Waals surface area contributed by atoms with Crippen LogP contribution in [0.3, 0.4) is 0 Å². The molecule has 0 bridgehead atoms. The molecule has 1 aliphatic heterocycles. The minimum atomic E-state index is -0.532. The topological polar surface area (TPSA) is 82.2 Å². The van der Waals surface area contributed by atoms with Crippen molar-refractivity contribution in [3.63, 3.8) is 0 Å². The van der Waals surface area contributed by atoms with Crippen LogP contribution in [0.1, 0.15) is 42.5 Å². The van der Waals surface area contributed by atoms with Gasteiger partial charge in [0.2, 0.25) is 11.8 Å². The standard InChI is InChI=1S/C26H31N5O2/c1-17(2)25-27-23(28-29-25)16-24(32)31-13-12-30(4)26(33)22(31)15-19-9-7-10-20(14-19)21-11-6-5-8-18(21)3/h5-11,14,17,22H,12-13,15-16H2,1-4H3,(H,27,28,29). The van der Waals surface area contributed by atoms with Crippen molar-refractivity contribution in [2.45, 2.75) is 45.6 Å². The average Bonchev–Trinajstić information content (AvgIpc) is 3.26. The van der Waals surface area contributed by atoms with Gasteiger partial charge in [-0.3, -0.25) is 14.7 Å². The number of carbonyl (C=O) groups is 2. The molecule has 2 amide bonds. The van der Waals surface area contributed by atoms with E-state index < -0.39 is 6.04 Å². The third-order valence-electron chi connectivity index (χ3n) is 6.23. The fourth-order valence-electron chi connectivity index (χ4n) is 4.29. The van der Waals surface area contributed by atoms with E-state index in [0.717, 1.165) is 11.1 Å². The largest absolute Gasteiger partial charge is 0.342 e. The van der Waals surface area contributed by atoms with E-state index in [4.69, 9.17) is 0 Å². The van der Waals surface area contributed by atoms with Crippen LogP contribution in [0.5, 0.6) is 0 Å². The van der Waals surface area contributed by atoms with Crippen molar-refractivity contribution in [1.82, 2.24) is 25.0 Å². The average molecular weight is 446 g/mol. The highest BCUT2D eigenvalue weighted by atomic mass is 16.2. The van der Waals surface area contributed by atoms with E-state index in [2.05, 4.69) is 46.4 Å². The van der Waals surface area contributed by atoms with Crippen LogP contribution in [-0.4, -0.2) is 63.0 Å². The number of hydrogen-bond acceptors (Lipinski definition) is 4. The number of hydrogen-bond donors (Lipinski definition) is 1. The van der Waals surface area contributed by atoms with E-state index in [1.165, 1.54) is 11.1 Å². The molecule has 1 aliphatic rings. The molecule has 1 fully saturated rings. The third-order valence-corrected chi connectivity index (χ3v) is 6.23. The highest BCUT2D eigenvalue weighted by molar-refractivity contribution is 5.89. The van der Waals surface area contributed by atoms with Crippen molar-refractivity contribution >= 4 is 11.8 Å². The zero-order valence-corrected chi connectivity index (χ0v) is 19.7. The molecule has 4 rings (SSSR count). The van der Waals surface area contributed by atoms with E-state index in [1.807, 2.05) is 38.1 Å². The van der Waals surface area contributed by atoms with Gasteiger partial charge in [0, 0.05) is 32.5 Å². The summed E-state index contributed by atoms with van der Waals surface area (Å²) in [5.74, 6) is 1.27. The second-order valence-corrected chi connectivity index (χ2v) is 9.05. The Kier molecular flexibility index (Phi) is 6.58. The van der Waals surface area contributed by atoms with Crippen LogP contribution in [0, 0.1) is 6.92 Å². The lowest BCUT2D eigenvalue weighted by Gasteiger charge is -2.39. The molecule has 0 radical (unpaired) electrons. The van der Waals surface area contributed by atoms with Gasteiger partial charge in [0.25, 0.3) is 0 Å². The van der Waals surface area contributed by atoms with Crippen molar-refractivity contribution in [2.75, 3.05) is 20.1 Å². The normalized spacial score (nSPS) is 16.5. The Bertz CT molecular complexity index is 1150. The van der Waals surface area contributed by atoms with E-state index >= 15 is 0 Å². The van der Waals surface area contributed by atoms with Gasteiger partial charge in [-0.25, -0.2) is 4.98 Å². The van der Waals surface area contributed by atoms with Gasteiger partial charge in [0.15, 0.2) is 5.82 Å². The number of carbonyl (C=O) groups excluding carboxylic acids is 2. The van der Waals surface area contributed by atoms with Gasteiger partial charge in [-0.15, -0.1) is 0 Å². The zero-order valence-electron chi connectivity index (χ0n) is 19.7. The molecule has 0 saturated carbocycles. The molecule has 0 spiro atoms. The van der Waals surface area contributed by atoms with Crippen LogP contribution in [0.15, 0.2) is 48.5 Å². The molecule has 3 aromatic rings. The predicted octanol–water partition coefficient (Wildman–Crippen LogP) is 3.36. The van der Waals surface area contributed by atoms with Gasteiger partial charge < -0.3 is 9.80 Å². The Morgan fingerprint density at radius 3 is 2.67 bits per heavy atom. The number of aromatic amines is 1. The molecule has 1 N–H and O–H groups in total. The fraction of sp³-hybridized carbons (Fsp3) is 0.385. The number of aryl methyl sites for hydroxylation is 1. The maximum absolute atomic E-state index is 13.2. The lowest BCUT2D eigenvalue weighted by molar-refractivity contribution is -0.149. The first kappa shape index (κ1) is 22.7. The Balaban J connectivity index is 1.56. The Labute approximate surface area is 194 Å². The van der Waals surface area contributed by atoms with Gasteiger partial charge >= 0.3 is 0 Å². The minimum Gasteiger partial charge on any atom is -0.342 e. The molecule has 33 heavy (non-hydrogen) atoms. The lowest BCUT2D eigenvalue weighted by atomic mass is 9.95. The smallest absolute Gasteiger partial charge is 0.245 e. The number of benzene rings is 2. The number of H-pyrrole nitrogens is 1. The summed E-state index contributed by atoms with van der Waals surface area (Å²) < 4.78 is 0. The second-order valence-electron chi connectivity index (χ2n) is 9.05. The van der Waals surface area contributed by atoms with Crippen LogP contribution < -0.4 is 0 Å². The monoisotopic (exact) mass is 445 g/mol. The van der Waals surface area contributed by atoms with Crippen LogP contribution in [0.2, 0.25) is 0 Å². The molecule has 1 aromatic heterocycles. The first-order valence-electron chi connectivity index (χ1n) is 11.4. The van der Waals surface area contributed by atoms with E-state index in [9.17, 15) is 9.59 Å². The number of nitrogens with zero attached hydrogens (tertiary/aromatic N) is 4. The molecular weight excluding hydrogens is 414 g/mol. The second kappa shape index (κ2) is 9.57. The lowest BCUT2D eigenvalue weighted by Crippen LogP contribution is -2.58. The number of amides is 2. The molecule has 172 valence electrons. The zero-order chi connectivity index (χ0) is 23.5. The molecule has 1 unspecified atom stereocenters. The molecular formula is C26H31N5O2. The van der Waals surface area contributed by atoms with Crippen LogP contribution in [0.25, 0.3) is 11.1 Å². The fourth-order valence-corrected chi connectivity index (χ4v) is 4.29. The predicted molar refractivity (Wildman–Crippen MR) is 128 cm³/mol. The number of piperazine rings is 1. The summed E-state index contributed by atoms with van der Waals surface area (Å²) in [6.45, 7) is 7.15. The van der Waals surface area contributed by atoms with Gasteiger partial charge in [-0.2, -0.15) is 5.10 Å². The van der Waals surface area contributed by atoms with E-state index in [-0.39, 0.29) is 24.2 Å². The number of aromatic nitrogens is 3. The number of rotatable bonds is 6. The van der Waals surface area contributed by atoms with Crippen molar-refractivity contribution in [3.05, 3.63) is 71.3 Å². The highest BCUT2D eigenvalue weighted by Gasteiger charge is 2.36. The SMILES string of the molecule is Cc1ccccc1-c1cccc(CC2C(=O)N(C)CCN2C(=O)Cc2nc(C(C)C)n[nH]2)c1. The first-order valence-corrected chi connectivity index (χ1v) is 11.4. The molecule has 0 aliphatic carbocycles.